The minimum atomic E-state index is -0.399. The number of nitro groups is 1. The molecule has 0 aromatic carbocycles. The fourth-order valence-corrected chi connectivity index (χ4v) is 2.13. The number of hydrogen-bond donors (Lipinski definition) is 1. The van der Waals surface area contributed by atoms with Gasteiger partial charge >= 0.3 is 5.00 Å². The molecule has 2 rings (SSSR count). The van der Waals surface area contributed by atoms with Crippen LogP contribution in [0.4, 0.5) is 10.1 Å². The first-order valence-corrected chi connectivity index (χ1v) is 5.15. The molecule has 1 N–H and O–H groups in total. The second-order valence-corrected chi connectivity index (χ2v) is 3.96. The highest BCUT2D eigenvalue weighted by Crippen LogP contribution is 2.28. The summed E-state index contributed by atoms with van der Waals surface area (Å²) in [6.07, 6.45) is 1.32. The van der Waals surface area contributed by atoms with Crippen LogP contribution < -0.4 is 10.2 Å². The molecular weight excluding hydrogens is 204 g/mol. The molecule has 1 fully saturated rings. The lowest BCUT2D eigenvalue weighted by molar-refractivity contribution is -0.380. The van der Waals surface area contributed by atoms with Gasteiger partial charge < -0.3 is 10.2 Å². The molecule has 6 nitrogen and oxygen atoms in total. The van der Waals surface area contributed by atoms with Crippen LogP contribution in [0.2, 0.25) is 0 Å². The van der Waals surface area contributed by atoms with Crippen LogP contribution in [0.3, 0.4) is 0 Å². The maximum atomic E-state index is 10.4. The first-order valence-electron chi connectivity index (χ1n) is 4.33. The van der Waals surface area contributed by atoms with Gasteiger partial charge in [0, 0.05) is 26.2 Å². The highest BCUT2D eigenvalue weighted by atomic mass is 32.1. The van der Waals surface area contributed by atoms with Crippen molar-refractivity contribution >= 4 is 21.5 Å². The molecule has 1 aromatic heterocycles. The van der Waals surface area contributed by atoms with Crippen molar-refractivity contribution in [1.82, 2.24) is 10.3 Å². The van der Waals surface area contributed by atoms with Gasteiger partial charge in [-0.2, -0.15) is 0 Å². The quantitative estimate of drug-likeness (QED) is 0.572. The molecule has 1 aromatic rings. The number of rotatable bonds is 2. The zero-order chi connectivity index (χ0) is 9.97. The van der Waals surface area contributed by atoms with Crippen LogP contribution in [0.5, 0.6) is 0 Å². The summed E-state index contributed by atoms with van der Waals surface area (Å²) in [5.74, 6) is 0. The molecule has 0 aliphatic carbocycles. The van der Waals surface area contributed by atoms with Crippen LogP contribution >= 0.6 is 11.3 Å². The molecule has 0 spiro atoms. The molecule has 14 heavy (non-hydrogen) atoms. The van der Waals surface area contributed by atoms with Gasteiger partial charge in [-0.3, -0.25) is 10.1 Å². The summed E-state index contributed by atoms with van der Waals surface area (Å²) in [7, 11) is 0. The zero-order valence-corrected chi connectivity index (χ0v) is 8.29. The number of aromatic nitrogens is 1. The minimum Gasteiger partial charge on any atom is -0.345 e. The Labute approximate surface area is 84.7 Å². The van der Waals surface area contributed by atoms with E-state index in [2.05, 4.69) is 15.2 Å². The van der Waals surface area contributed by atoms with Crippen molar-refractivity contribution in [2.24, 2.45) is 0 Å². The normalized spacial score (nSPS) is 17.0. The second kappa shape index (κ2) is 3.89. The number of thiazole rings is 1. The lowest BCUT2D eigenvalue weighted by atomic mass is 10.4. The molecule has 0 radical (unpaired) electrons. The summed E-state index contributed by atoms with van der Waals surface area (Å²) in [5, 5.41) is 14.5. The maximum Gasteiger partial charge on any atom is 0.345 e. The van der Waals surface area contributed by atoms with Crippen molar-refractivity contribution in [3.63, 3.8) is 0 Å². The van der Waals surface area contributed by atoms with E-state index < -0.39 is 4.92 Å². The van der Waals surface area contributed by atoms with E-state index in [4.69, 9.17) is 0 Å². The Morgan fingerprint density at radius 1 is 1.57 bits per heavy atom. The van der Waals surface area contributed by atoms with Gasteiger partial charge in [0.25, 0.3) is 0 Å². The van der Waals surface area contributed by atoms with Gasteiger partial charge in [-0.15, -0.1) is 0 Å². The lowest BCUT2D eigenvalue weighted by Gasteiger charge is -2.26. The van der Waals surface area contributed by atoms with Crippen molar-refractivity contribution in [1.29, 1.82) is 0 Å². The third-order valence-electron chi connectivity index (χ3n) is 2.05. The molecule has 1 saturated heterocycles. The molecule has 76 valence electrons. The largest absolute Gasteiger partial charge is 0.345 e. The summed E-state index contributed by atoms with van der Waals surface area (Å²) < 4.78 is 0. The monoisotopic (exact) mass is 214 g/mol. The third kappa shape index (κ3) is 1.83. The smallest absolute Gasteiger partial charge is 0.345 e. The van der Waals surface area contributed by atoms with Crippen LogP contribution in [-0.2, 0) is 0 Å². The summed E-state index contributed by atoms with van der Waals surface area (Å²) in [6.45, 7) is 3.55. The molecular formula is C7H10N4O2S. The molecule has 1 aliphatic rings. The number of nitrogens with zero attached hydrogens (tertiary/aromatic N) is 3. The highest BCUT2D eigenvalue weighted by Gasteiger charge is 2.17. The minimum absolute atomic E-state index is 0.110. The van der Waals surface area contributed by atoms with Crippen LogP contribution in [0.1, 0.15) is 0 Å². The van der Waals surface area contributed by atoms with Gasteiger partial charge in [0.05, 0.1) is 4.92 Å². The number of anilines is 1. The average Bonchev–Trinajstić information content (AvgIpc) is 2.68. The Morgan fingerprint density at radius 2 is 2.29 bits per heavy atom. The number of piperazine rings is 1. The number of nitrogens with one attached hydrogen (secondary N) is 1. The molecule has 1 aliphatic heterocycles. The van der Waals surface area contributed by atoms with E-state index >= 15 is 0 Å². The Bertz CT molecular complexity index is 334. The van der Waals surface area contributed by atoms with Crippen molar-refractivity contribution in [3.05, 3.63) is 16.3 Å². The topological polar surface area (TPSA) is 71.3 Å². The van der Waals surface area contributed by atoms with Gasteiger partial charge in [-0.25, -0.2) is 4.98 Å². The molecule has 7 heteroatoms. The van der Waals surface area contributed by atoms with E-state index in [-0.39, 0.29) is 5.00 Å². The summed E-state index contributed by atoms with van der Waals surface area (Å²) in [6, 6.07) is 0. The lowest BCUT2D eigenvalue weighted by Crippen LogP contribution is -2.43. The second-order valence-electron chi connectivity index (χ2n) is 2.98. The third-order valence-corrected chi connectivity index (χ3v) is 3.06. The van der Waals surface area contributed by atoms with Gasteiger partial charge in [-0.05, 0) is 11.3 Å². The van der Waals surface area contributed by atoms with Gasteiger partial charge in [0.2, 0.25) is 0 Å². The van der Waals surface area contributed by atoms with Gasteiger partial charge in [0.15, 0.2) is 5.13 Å². The van der Waals surface area contributed by atoms with E-state index in [0.717, 1.165) is 42.6 Å². The first-order chi connectivity index (χ1) is 6.77. The zero-order valence-electron chi connectivity index (χ0n) is 7.47. The molecule has 2 heterocycles. The van der Waals surface area contributed by atoms with Crippen molar-refractivity contribution in [2.45, 2.75) is 0 Å². The predicted octanol–water partition coefficient (Wildman–Crippen LogP) is 0.461. The van der Waals surface area contributed by atoms with E-state index in [1.807, 2.05) is 0 Å². The molecule has 0 amide bonds. The van der Waals surface area contributed by atoms with Gasteiger partial charge in [-0.1, -0.05) is 0 Å². The molecule has 0 saturated carbocycles. The first kappa shape index (κ1) is 9.35. The van der Waals surface area contributed by atoms with E-state index in [0.29, 0.717) is 0 Å². The fourth-order valence-electron chi connectivity index (χ4n) is 1.34. The van der Waals surface area contributed by atoms with E-state index in [1.54, 1.807) is 0 Å². The van der Waals surface area contributed by atoms with Crippen LogP contribution in [0.25, 0.3) is 0 Å². The standard InChI is InChI=1S/C7H10N4O2S/c12-11(13)6-5-9-7(14-6)10-3-1-8-2-4-10/h5,8H,1-4H2. The maximum absolute atomic E-state index is 10.4. The Hall–Kier alpha value is -1.21. The molecule has 0 unspecified atom stereocenters. The SMILES string of the molecule is O=[N+]([O-])c1cnc(N2CCNCC2)s1. The predicted molar refractivity (Wildman–Crippen MR) is 53.9 cm³/mol. The van der Waals surface area contributed by atoms with Crippen molar-refractivity contribution in [3.8, 4) is 0 Å². The average molecular weight is 214 g/mol. The summed E-state index contributed by atoms with van der Waals surface area (Å²) in [4.78, 5) is 16.1. The highest BCUT2D eigenvalue weighted by molar-refractivity contribution is 7.18. The molecule has 0 bridgehead atoms. The Balaban J connectivity index is 2.11. The summed E-state index contributed by atoms with van der Waals surface area (Å²) >= 11 is 1.14. The Morgan fingerprint density at radius 3 is 2.86 bits per heavy atom. The van der Waals surface area contributed by atoms with Crippen molar-refractivity contribution < 1.29 is 4.92 Å². The van der Waals surface area contributed by atoms with Gasteiger partial charge in [0.1, 0.15) is 6.20 Å². The fraction of sp³-hybridized carbons (Fsp3) is 0.571. The van der Waals surface area contributed by atoms with E-state index in [1.165, 1.54) is 6.20 Å². The van der Waals surface area contributed by atoms with Crippen LogP contribution in [-0.4, -0.2) is 36.1 Å². The van der Waals surface area contributed by atoms with E-state index in [9.17, 15) is 10.1 Å². The summed E-state index contributed by atoms with van der Waals surface area (Å²) in [5.41, 5.74) is 0. The molecule has 0 atom stereocenters. The van der Waals surface area contributed by atoms with Crippen LogP contribution in [0, 0.1) is 10.1 Å². The van der Waals surface area contributed by atoms with Crippen LogP contribution in [0.15, 0.2) is 6.20 Å². The van der Waals surface area contributed by atoms with Crippen molar-refractivity contribution in [2.75, 3.05) is 31.1 Å². The Kier molecular flexibility index (Phi) is 2.60. The number of hydrogen-bond acceptors (Lipinski definition) is 6.